The third-order valence-corrected chi connectivity index (χ3v) is 5.36. The molecule has 0 amide bonds. The summed E-state index contributed by atoms with van der Waals surface area (Å²) in [4.78, 5) is 15.2. The molecule has 0 atom stereocenters. The summed E-state index contributed by atoms with van der Waals surface area (Å²) in [6.07, 6.45) is 3.11. The van der Waals surface area contributed by atoms with E-state index in [1.807, 2.05) is 13.0 Å². The molecule has 124 valence electrons. The zero-order valence-corrected chi connectivity index (χ0v) is 15.0. The minimum atomic E-state index is 0.131. The van der Waals surface area contributed by atoms with Gasteiger partial charge in [0.25, 0.3) is 0 Å². The zero-order chi connectivity index (χ0) is 16.8. The predicted octanol–water partition coefficient (Wildman–Crippen LogP) is 4.60. The number of rotatable bonds is 2. The van der Waals surface area contributed by atoms with E-state index in [0.717, 1.165) is 60.3 Å². The molecule has 1 aromatic carbocycles. The molecule has 3 nitrogen and oxygen atoms in total. The molecule has 2 heterocycles. The van der Waals surface area contributed by atoms with Crippen molar-refractivity contribution in [2.24, 2.45) is 5.41 Å². The van der Waals surface area contributed by atoms with Crippen molar-refractivity contribution in [3.05, 3.63) is 39.0 Å². The number of hydrogen-bond acceptors (Lipinski definition) is 3. The lowest BCUT2D eigenvalue weighted by atomic mass is 9.82. The van der Waals surface area contributed by atoms with Crippen LogP contribution in [0.4, 0.5) is 5.88 Å². The standard InChI is InChI=1S/C20H27NO2/c1-6-15-13(2)7-8-16-17(15)18(22)14(3)19(23-16)21-11-9-20(4,5)10-12-21/h7-8H,6,9-12H2,1-5H3. The lowest BCUT2D eigenvalue weighted by Gasteiger charge is -2.37. The summed E-state index contributed by atoms with van der Waals surface area (Å²) in [5.74, 6) is 0.768. The SMILES string of the molecule is CCc1c(C)ccc2oc(N3CCC(C)(C)CC3)c(C)c(=O)c12. The van der Waals surface area contributed by atoms with Crippen molar-refractivity contribution in [2.75, 3.05) is 18.0 Å². The quantitative estimate of drug-likeness (QED) is 0.812. The van der Waals surface area contributed by atoms with E-state index in [4.69, 9.17) is 4.42 Å². The number of benzene rings is 1. The van der Waals surface area contributed by atoms with E-state index < -0.39 is 0 Å². The minimum Gasteiger partial charge on any atom is -0.440 e. The average Bonchev–Trinajstić information content (AvgIpc) is 2.51. The number of piperidine rings is 1. The lowest BCUT2D eigenvalue weighted by molar-refractivity contribution is 0.274. The van der Waals surface area contributed by atoms with Crippen LogP contribution in [0.25, 0.3) is 11.0 Å². The molecule has 0 spiro atoms. The fraction of sp³-hybridized carbons (Fsp3) is 0.550. The van der Waals surface area contributed by atoms with Crippen molar-refractivity contribution in [3.63, 3.8) is 0 Å². The Morgan fingerprint density at radius 2 is 1.83 bits per heavy atom. The molecule has 1 aliphatic heterocycles. The first-order valence-corrected chi connectivity index (χ1v) is 8.65. The van der Waals surface area contributed by atoms with E-state index in [2.05, 4.69) is 38.7 Å². The molecule has 0 bridgehead atoms. The van der Waals surface area contributed by atoms with Gasteiger partial charge < -0.3 is 9.32 Å². The van der Waals surface area contributed by atoms with Crippen LogP contribution in [0.15, 0.2) is 21.3 Å². The number of nitrogens with zero attached hydrogens (tertiary/aromatic N) is 1. The second-order valence-electron chi connectivity index (χ2n) is 7.60. The summed E-state index contributed by atoms with van der Waals surface area (Å²) < 4.78 is 6.20. The molecule has 2 aromatic rings. The number of fused-ring (bicyclic) bond motifs is 1. The van der Waals surface area contributed by atoms with Crippen LogP contribution in [-0.2, 0) is 6.42 Å². The summed E-state index contributed by atoms with van der Waals surface area (Å²) in [6.45, 7) is 12.6. The van der Waals surface area contributed by atoms with E-state index in [1.165, 1.54) is 5.56 Å². The first-order chi connectivity index (χ1) is 10.8. The maximum Gasteiger partial charge on any atom is 0.202 e. The van der Waals surface area contributed by atoms with Gasteiger partial charge in [-0.05, 0) is 55.7 Å². The third-order valence-electron chi connectivity index (χ3n) is 5.36. The third kappa shape index (κ3) is 2.77. The highest BCUT2D eigenvalue weighted by Crippen LogP contribution is 2.34. The van der Waals surface area contributed by atoms with Gasteiger partial charge in [0.1, 0.15) is 5.58 Å². The van der Waals surface area contributed by atoms with Crippen LogP contribution in [-0.4, -0.2) is 13.1 Å². The Morgan fingerprint density at radius 3 is 2.43 bits per heavy atom. The van der Waals surface area contributed by atoms with Gasteiger partial charge in [0.15, 0.2) is 5.43 Å². The zero-order valence-electron chi connectivity index (χ0n) is 15.0. The Labute approximate surface area is 138 Å². The van der Waals surface area contributed by atoms with Gasteiger partial charge in [-0.1, -0.05) is 26.8 Å². The predicted molar refractivity (Wildman–Crippen MR) is 96.6 cm³/mol. The van der Waals surface area contributed by atoms with Gasteiger partial charge in [0, 0.05) is 13.1 Å². The molecule has 0 saturated carbocycles. The van der Waals surface area contributed by atoms with Gasteiger partial charge in [-0.25, -0.2) is 0 Å². The van der Waals surface area contributed by atoms with E-state index in [1.54, 1.807) is 0 Å². The molecule has 0 unspecified atom stereocenters. The van der Waals surface area contributed by atoms with Crippen LogP contribution in [0.5, 0.6) is 0 Å². The van der Waals surface area contributed by atoms with E-state index in [9.17, 15) is 4.79 Å². The Morgan fingerprint density at radius 1 is 1.17 bits per heavy atom. The Bertz CT molecular complexity index is 791. The van der Waals surface area contributed by atoms with Crippen molar-refractivity contribution >= 4 is 16.9 Å². The summed E-state index contributed by atoms with van der Waals surface area (Å²) in [7, 11) is 0. The van der Waals surface area contributed by atoms with E-state index >= 15 is 0 Å². The van der Waals surface area contributed by atoms with E-state index in [-0.39, 0.29) is 5.43 Å². The first kappa shape index (κ1) is 16.1. The number of aryl methyl sites for hydroxylation is 2. The van der Waals surface area contributed by atoms with Crippen LogP contribution >= 0.6 is 0 Å². The fourth-order valence-corrected chi connectivity index (χ4v) is 3.60. The van der Waals surface area contributed by atoms with Crippen LogP contribution < -0.4 is 10.3 Å². The number of anilines is 1. The van der Waals surface area contributed by atoms with Crippen LogP contribution in [0, 0.1) is 19.3 Å². The monoisotopic (exact) mass is 313 g/mol. The van der Waals surface area contributed by atoms with Gasteiger partial charge in [0.2, 0.25) is 5.88 Å². The van der Waals surface area contributed by atoms with Crippen molar-refractivity contribution < 1.29 is 4.42 Å². The topological polar surface area (TPSA) is 33.5 Å². The minimum absolute atomic E-state index is 0.131. The molecule has 3 rings (SSSR count). The summed E-state index contributed by atoms with van der Waals surface area (Å²) in [5, 5.41) is 0.770. The second-order valence-corrected chi connectivity index (χ2v) is 7.60. The maximum atomic E-state index is 13.0. The summed E-state index contributed by atoms with van der Waals surface area (Å²) in [6, 6.07) is 4.00. The summed E-state index contributed by atoms with van der Waals surface area (Å²) in [5.41, 5.74) is 4.27. The maximum absolute atomic E-state index is 13.0. The van der Waals surface area contributed by atoms with Crippen LogP contribution in [0.2, 0.25) is 0 Å². The summed E-state index contributed by atoms with van der Waals surface area (Å²) >= 11 is 0. The van der Waals surface area contributed by atoms with Gasteiger partial charge in [-0.2, -0.15) is 0 Å². The van der Waals surface area contributed by atoms with Crippen molar-refractivity contribution in [2.45, 2.75) is 53.9 Å². The lowest BCUT2D eigenvalue weighted by Crippen LogP contribution is -2.38. The molecule has 23 heavy (non-hydrogen) atoms. The van der Waals surface area contributed by atoms with Gasteiger partial charge in [-0.3, -0.25) is 4.79 Å². The van der Waals surface area contributed by atoms with Crippen LogP contribution in [0.3, 0.4) is 0 Å². The van der Waals surface area contributed by atoms with Crippen LogP contribution in [0.1, 0.15) is 50.3 Å². The van der Waals surface area contributed by atoms with Crippen molar-refractivity contribution in [3.8, 4) is 0 Å². The molecule has 1 fully saturated rings. The highest BCUT2D eigenvalue weighted by molar-refractivity contribution is 5.83. The Kier molecular flexibility index (Phi) is 3.99. The fourth-order valence-electron chi connectivity index (χ4n) is 3.60. The molecule has 1 aromatic heterocycles. The van der Waals surface area contributed by atoms with E-state index in [0.29, 0.717) is 5.41 Å². The Hall–Kier alpha value is -1.77. The smallest absolute Gasteiger partial charge is 0.202 e. The van der Waals surface area contributed by atoms with Gasteiger partial charge in [0.05, 0.1) is 10.9 Å². The largest absolute Gasteiger partial charge is 0.440 e. The molecule has 0 N–H and O–H groups in total. The molecule has 1 saturated heterocycles. The molecule has 1 aliphatic rings. The molecular formula is C20H27NO2. The van der Waals surface area contributed by atoms with Gasteiger partial charge >= 0.3 is 0 Å². The first-order valence-electron chi connectivity index (χ1n) is 8.65. The van der Waals surface area contributed by atoms with Gasteiger partial charge in [-0.15, -0.1) is 0 Å². The highest BCUT2D eigenvalue weighted by Gasteiger charge is 2.28. The van der Waals surface area contributed by atoms with Crippen molar-refractivity contribution in [1.82, 2.24) is 0 Å². The second kappa shape index (κ2) is 5.70. The highest BCUT2D eigenvalue weighted by atomic mass is 16.4. The number of hydrogen-bond donors (Lipinski definition) is 0. The Balaban J connectivity index is 2.12. The molecular weight excluding hydrogens is 286 g/mol. The van der Waals surface area contributed by atoms with Crippen molar-refractivity contribution in [1.29, 1.82) is 0 Å². The normalized spacial score (nSPS) is 17.7. The molecule has 0 radical (unpaired) electrons. The molecule has 0 aliphatic carbocycles. The average molecular weight is 313 g/mol. The molecule has 3 heteroatoms.